The van der Waals surface area contributed by atoms with E-state index >= 15 is 0 Å². The monoisotopic (exact) mass is 291 g/mol. The van der Waals surface area contributed by atoms with E-state index in [9.17, 15) is 19.2 Å². The predicted molar refractivity (Wildman–Crippen MR) is 74.3 cm³/mol. The fraction of sp³-hybridized carbons (Fsp3) is 0.750. The van der Waals surface area contributed by atoms with Crippen molar-refractivity contribution in [3.05, 3.63) is 0 Å². The number of piperidine rings is 1. The highest BCUT2D eigenvalue weighted by Crippen LogP contribution is 2.40. The Bertz CT molecular complexity index is 459. The van der Waals surface area contributed by atoms with E-state index in [2.05, 4.69) is 5.32 Å². The summed E-state index contributed by atoms with van der Waals surface area (Å²) in [4.78, 5) is 43.6. The van der Waals surface area contributed by atoms with E-state index in [1.165, 1.54) is 0 Å². The Kier molecular flexibility index (Phi) is 3.91. The second kappa shape index (κ2) is 5.70. The molecular weight excluding hydrogens is 270 g/mol. The van der Waals surface area contributed by atoms with Crippen molar-refractivity contribution in [2.45, 2.75) is 44.9 Å². The molecule has 1 amide bonds. The average Bonchev–Trinajstić information content (AvgIpc) is 3.00. The highest BCUT2D eigenvalue weighted by atomic mass is 16.2. The molecule has 21 heavy (non-hydrogen) atoms. The number of hydrogen-bond acceptors (Lipinski definition) is 4. The van der Waals surface area contributed by atoms with Gasteiger partial charge in [-0.3, -0.25) is 19.2 Å². The molecule has 0 aromatic heterocycles. The Morgan fingerprint density at radius 2 is 0.952 bits per heavy atom. The normalized spacial score (nSPS) is 37.7. The maximum Gasteiger partial charge on any atom is 0.220 e. The molecule has 0 unspecified atom stereocenters. The van der Waals surface area contributed by atoms with Crippen molar-refractivity contribution in [3.8, 4) is 0 Å². The first-order valence-electron chi connectivity index (χ1n) is 7.83. The zero-order chi connectivity index (χ0) is 15.0. The zero-order valence-corrected chi connectivity index (χ0v) is 12.1. The van der Waals surface area contributed by atoms with E-state index in [1.807, 2.05) is 0 Å². The zero-order valence-electron chi connectivity index (χ0n) is 12.1. The highest BCUT2D eigenvalue weighted by molar-refractivity contribution is 5.88. The number of fused-ring (bicyclic) bond motifs is 2. The highest BCUT2D eigenvalue weighted by Gasteiger charge is 2.40. The maximum atomic E-state index is 11.0. The summed E-state index contributed by atoms with van der Waals surface area (Å²) in [6.45, 7) is 0.717. The Morgan fingerprint density at radius 3 is 1.43 bits per heavy atom. The number of nitrogens with one attached hydrogen (secondary N) is 1. The fourth-order valence-corrected chi connectivity index (χ4v) is 4.18. The van der Waals surface area contributed by atoms with Crippen molar-refractivity contribution >= 4 is 23.3 Å². The van der Waals surface area contributed by atoms with Crippen LogP contribution in [0.25, 0.3) is 0 Å². The molecule has 5 nitrogen and oxygen atoms in total. The van der Waals surface area contributed by atoms with Crippen LogP contribution in [0.5, 0.6) is 0 Å². The van der Waals surface area contributed by atoms with Gasteiger partial charge in [-0.15, -0.1) is 0 Å². The molecule has 5 heteroatoms. The van der Waals surface area contributed by atoms with Gasteiger partial charge in [-0.1, -0.05) is 0 Å². The predicted octanol–water partition coefficient (Wildman–Crippen LogP) is 1.05. The van der Waals surface area contributed by atoms with E-state index in [1.54, 1.807) is 0 Å². The van der Waals surface area contributed by atoms with Crippen molar-refractivity contribution in [2.24, 2.45) is 23.7 Å². The Morgan fingerprint density at radius 1 is 0.571 bits per heavy atom. The van der Waals surface area contributed by atoms with Gasteiger partial charge in [-0.05, 0) is 23.7 Å². The van der Waals surface area contributed by atoms with Crippen LogP contribution in [-0.2, 0) is 19.2 Å². The largest absolute Gasteiger partial charge is 0.356 e. The number of hydrogen-bond donors (Lipinski definition) is 1. The van der Waals surface area contributed by atoms with Crippen molar-refractivity contribution in [1.82, 2.24) is 5.32 Å². The third-order valence-electron chi connectivity index (χ3n) is 5.28. The molecule has 1 aliphatic heterocycles. The lowest BCUT2D eigenvalue weighted by Gasteiger charge is -2.24. The number of carbonyl (C=O) groups excluding carboxylic acids is 4. The minimum absolute atomic E-state index is 0.112. The Labute approximate surface area is 123 Å². The van der Waals surface area contributed by atoms with Gasteiger partial charge in [0.25, 0.3) is 0 Å². The molecule has 4 rings (SSSR count). The maximum absolute atomic E-state index is 11.0. The molecule has 4 aliphatic rings. The topological polar surface area (TPSA) is 80.3 Å². The second-order valence-electron chi connectivity index (χ2n) is 6.89. The van der Waals surface area contributed by atoms with Crippen molar-refractivity contribution in [3.63, 3.8) is 0 Å². The van der Waals surface area contributed by atoms with Gasteiger partial charge in [0.2, 0.25) is 5.91 Å². The summed E-state index contributed by atoms with van der Waals surface area (Å²) in [5.74, 6) is 2.83. The average molecular weight is 291 g/mol. The van der Waals surface area contributed by atoms with E-state index in [0.29, 0.717) is 86.0 Å². The first-order chi connectivity index (χ1) is 10.0. The Hall–Kier alpha value is -1.52. The van der Waals surface area contributed by atoms with Crippen molar-refractivity contribution < 1.29 is 19.2 Å². The molecule has 3 saturated carbocycles. The summed E-state index contributed by atoms with van der Waals surface area (Å²) in [6, 6.07) is 0. The quantitative estimate of drug-likeness (QED) is 0.723. The molecule has 2 atom stereocenters. The number of carbonyl (C=O) groups is 4. The van der Waals surface area contributed by atoms with Gasteiger partial charge >= 0.3 is 0 Å². The lowest BCUT2D eigenvalue weighted by molar-refractivity contribution is -0.124. The van der Waals surface area contributed by atoms with Gasteiger partial charge in [0.15, 0.2) is 0 Å². The summed E-state index contributed by atoms with van der Waals surface area (Å²) in [6.07, 6.45) is 4.60. The van der Waals surface area contributed by atoms with Crippen LogP contribution < -0.4 is 5.32 Å². The van der Waals surface area contributed by atoms with Crippen LogP contribution in [0.1, 0.15) is 44.9 Å². The number of ketones is 3. The van der Waals surface area contributed by atoms with Gasteiger partial charge in [-0.25, -0.2) is 0 Å². The smallest absolute Gasteiger partial charge is 0.220 e. The SMILES string of the molecule is O=C1CC2CC(=O)CC2C1.O=C1C[C@@H]2CNC(=O)C[C@@H]2C1. The van der Waals surface area contributed by atoms with Gasteiger partial charge in [0, 0.05) is 51.5 Å². The van der Waals surface area contributed by atoms with Gasteiger partial charge < -0.3 is 5.32 Å². The molecule has 0 aromatic carbocycles. The first kappa shape index (κ1) is 14.4. The first-order valence-corrected chi connectivity index (χ1v) is 7.83. The molecule has 0 aromatic rings. The summed E-state index contributed by atoms with van der Waals surface area (Å²) in [7, 11) is 0. The number of rotatable bonds is 0. The molecule has 0 spiro atoms. The third kappa shape index (κ3) is 3.22. The summed E-state index contributed by atoms with van der Waals surface area (Å²) >= 11 is 0. The molecule has 0 bridgehead atoms. The van der Waals surface area contributed by atoms with Gasteiger partial charge in [0.05, 0.1) is 0 Å². The van der Waals surface area contributed by atoms with Gasteiger partial charge in [-0.2, -0.15) is 0 Å². The number of Topliss-reactive ketones (excluding diaryl/α,β-unsaturated/α-hetero) is 3. The minimum Gasteiger partial charge on any atom is -0.356 e. The summed E-state index contributed by atoms with van der Waals surface area (Å²) < 4.78 is 0. The number of amides is 1. The molecule has 1 heterocycles. The van der Waals surface area contributed by atoms with Crippen molar-refractivity contribution in [2.75, 3.05) is 6.54 Å². The molecule has 0 radical (unpaired) electrons. The van der Waals surface area contributed by atoms with Crippen LogP contribution in [-0.4, -0.2) is 29.8 Å². The van der Waals surface area contributed by atoms with Gasteiger partial charge in [0.1, 0.15) is 17.3 Å². The molecule has 1 N–H and O–H groups in total. The van der Waals surface area contributed by atoms with Crippen LogP contribution in [0.3, 0.4) is 0 Å². The van der Waals surface area contributed by atoms with Crippen LogP contribution >= 0.6 is 0 Å². The summed E-state index contributed by atoms with van der Waals surface area (Å²) in [5.41, 5.74) is 0. The molecule has 1 saturated heterocycles. The lowest BCUT2D eigenvalue weighted by atomic mass is 9.89. The Balaban J connectivity index is 0.000000126. The van der Waals surface area contributed by atoms with E-state index in [-0.39, 0.29) is 5.91 Å². The van der Waals surface area contributed by atoms with Crippen LogP contribution in [0.15, 0.2) is 0 Å². The standard InChI is InChI=1S/C8H11NO2.C8H10O2/c10-7-1-5-3-8(11)9-4-6(5)2-7;9-7-1-5-2-8(10)4-6(5)3-7/h5-6H,1-4H2,(H,9,11);5-6H,1-4H2/t5-,6+;/m0./s1. The van der Waals surface area contributed by atoms with Crippen molar-refractivity contribution in [1.29, 1.82) is 0 Å². The third-order valence-corrected chi connectivity index (χ3v) is 5.28. The second-order valence-corrected chi connectivity index (χ2v) is 6.89. The fourth-order valence-electron chi connectivity index (χ4n) is 4.18. The molecular formula is C16H21NO4. The molecule has 114 valence electrons. The van der Waals surface area contributed by atoms with E-state index < -0.39 is 0 Å². The van der Waals surface area contributed by atoms with E-state index in [4.69, 9.17) is 0 Å². The van der Waals surface area contributed by atoms with Crippen LogP contribution in [0.2, 0.25) is 0 Å². The van der Waals surface area contributed by atoms with Crippen LogP contribution in [0, 0.1) is 23.7 Å². The molecule has 4 fully saturated rings. The summed E-state index contributed by atoms with van der Waals surface area (Å²) in [5, 5.41) is 2.78. The minimum atomic E-state index is 0.112. The van der Waals surface area contributed by atoms with E-state index in [0.717, 1.165) is 6.54 Å². The lowest BCUT2D eigenvalue weighted by Crippen LogP contribution is -2.38. The molecule has 3 aliphatic carbocycles. The van der Waals surface area contributed by atoms with Crippen LogP contribution in [0.4, 0.5) is 0 Å².